The lowest BCUT2D eigenvalue weighted by Gasteiger charge is -2.12. The molecule has 0 bridgehead atoms. The van der Waals surface area contributed by atoms with Crippen LogP contribution in [0.15, 0.2) is 24.3 Å². The third-order valence-electron chi connectivity index (χ3n) is 2.31. The van der Waals surface area contributed by atoms with E-state index in [9.17, 15) is 4.79 Å². The van der Waals surface area contributed by atoms with Gasteiger partial charge in [-0.25, -0.2) is 0 Å². The number of rotatable bonds is 5. The van der Waals surface area contributed by atoms with Crippen LogP contribution in [0.25, 0.3) is 0 Å². The van der Waals surface area contributed by atoms with Crippen molar-refractivity contribution in [2.75, 3.05) is 19.0 Å². The number of carbonyl (C=O) groups excluding carboxylic acids is 1. The van der Waals surface area contributed by atoms with Crippen LogP contribution in [0.4, 0.5) is 5.69 Å². The predicted octanol–water partition coefficient (Wildman–Crippen LogP) is 3.44. The second-order valence-corrected chi connectivity index (χ2v) is 3.97. The van der Waals surface area contributed by atoms with Gasteiger partial charge in [-0.05, 0) is 24.1 Å². The highest BCUT2D eigenvalue weighted by Crippen LogP contribution is 2.13. The Balaban J connectivity index is 0. The number of nitrogens with zero attached hydrogens (tertiary/aromatic N) is 1. The van der Waals surface area contributed by atoms with E-state index in [1.165, 1.54) is 0 Å². The lowest BCUT2D eigenvalue weighted by molar-refractivity contribution is -0.144. The Morgan fingerprint density at radius 1 is 1.17 bits per heavy atom. The second-order valence-electron chi connectivity index (χ2n) is 3.97. The van der Waals surface area contributed by atoms with Gasteiger partial charge in [-0.1, -0.05) is 19.1 Å². The summed E-state index contributed by atoms with van der Waals surface area (Å²) >= 11 is 0. The van der Waals surface area contributed by atoms with Crippen LogP contribution in [0.1, 0.15) is 25.3 Å². The molecule has 18 heavy (non-hydrogen) atoms. The van der Waals surface area contributed by atoms with E-state index >= 15 is 0 Å². The highest BCUT2D eigenvalue weighted by Gasteiger charge is 2.01. The number of benzene rings is 1. The monoisotopic (exact) mass is 293 g/mol. The fraction of sp³-hybridized carbons (Fsp3) is 0.462. The zero-order chi connectivity index (χ0) is 12.0. The summed E-state index contributed by atoms with van der Waals surface area (Å²) in [6.45, 7) is 2.33. The smallest absolute Gasteiger partial charge is 0.306 e. The van der Waals surface area contributed by atoms with Crippen molar-refractivity contribution in [3.8, 4) is 0 Å². The largest absolute Gasteiger partial charge is 0.461 e. The third kappa shape index (κ3) is 6.72. The summed E-state index contributed by atoms with van der Waals surface area (Å²) in [7, 11) is 3.99. The van der Waals surface area contributed by atoms with Crippen molar-refractivity contribution < 1.29 is 9.53 Å². The van der Waals surface area contributed by atoms with Crippen molar-refractivity contribution in [3.63, 3.8) is 0 Å². The van der Waals surface area contributed by atoms with E-state index in [4.69, 9.17) is 4.74 Å². The van der Waals surface area contributed by atoms with E-state index in [-0.39, 0.29) is 30.8 Å². The minimum Gasteiger partial charge on any atom is -0.461 e. The zero-order valence-electron chi connectivity index (χ0n) is 11.0. The topological polar surface area (TPSA) is 29.5 Å². The lowest BCUT2D eigenvalue weighted by Crippen LogP contribution is -2.08. The van der Waals surface area contributed by atoms with E-state index in [1.807, 2.05) is 50.2 Å². The van der Waals surface area contributed by atoms with Gasteiger partial charge in [0.15, 0.2) is 0 Å². The van der Waals surface area contributed by atoms with Crippen LogP contribution in [0.3, 0.4) is 0 Å². The predicted molar refractivity (Wildman–Crippen MR) is 80.0 cm³/mol. The molecule has 5 heteroatoms. The molecule has 0 aliphatic carbocycles. The molecular formula is C13H21Cl2NO2. The van der Waals surface area contributed by atoms with Crippen molar-refractivity contribution in [3.05, 3.63) is 29.8 Å². The first-order chi connectivity index (χ1) is 7.63. The Hall–Kier alpha value is -0.930. The number of hydrogen-bond acceptors (Lipinski definition) is 3. The highest BCUT2D eigenvalue weighted by molar-refractivity contribution is 5.85. The molecule has 0 saturated carbocycles. The Kier molecular flexibility index (Phi) is 10.8. The maximum atomic E-state index is 11.2. The summed E-state index contributed by atoms with van der Waals surface area (Å²) in [4.78, 5) is 13.2. The molecule has 0 spiro atoms. The SMILES string of the molecule is CCCC(=O)OCc1ccc(N(C)C)cc1.Cl.Cl. The molecule has 0 saturated heterocycles. The standard InChI is InChI=1S/C13H19NO2.2ClH/c1-4-5-13(15)16-10-11-6-8-12(9-7-11)14(2)3;;/h6-9H,4-5,10H2,1-3H3;2*1H. The van der Waals surface area contributed by atoms with Crippen molar-refractivity contribution in [2.45, 2.75) is 26.4 Å². The van der Waals surface area contributed by atoms with Gasteiger partial charge in [-0.15, -0.1) is 24.8 Å². The quantitative estimate of drug-likeness (QED) is 0.779. The Bertz CT molecular complexity index is 339. The minimum absolute atomic E-state index is 0. The van der Waals surface area contributed by atoms with Gasteiger partial charge in [-0.2, -0.15) is 0 Å². The number of carbonyl (C=O) groups is 1. The Morgan fingerprint density at radius 2 is 1.72 bits per heavy atom. The fourth-order valence-corrected chi connectivity index (χ4v) is 1.33. The number of esters is 1. The minimum atomic E-state index is -0.126. The van der Waals surface area contributed by atoms with Crippen LogP contribution in [-0.4, -0.2) is 20.1 Å². The number of anilines is 1. The fourth-order valence-electron chi connectivity index (χ4n) is 1.33. The van der Waals surface area contributed by atoms with Gasteiger partial charge in [0.1, 0.15) is 6.61 Å². The molecule has 0 radical (unpaired) electrons. The van der Waals surface area contributed by atoms with Crippen molar-refractivity contribution in [1.82, 2.24) is 0 Å². The highest BCUT2D eigenvalue weighted by atomic mass is 35.5. The first-order valence-electron chi connectivity index (χ1n) is 5.55. The molecule has 3 nitrogen and oxygen atoms in total. The molecule has 1 rings (SSSR count). The van der Waals surface area contributed by atoms with Crippen LogP contribution < -0.4 is 4.90 Å². The summed E-state index contributed by atoms with van der Waals surface area (Å²) in [6.07, 6.45) is 1.33. The van der Waals surface area contributed by atoms with Crippen molar-refractivity contribution >= 4 is 36.5 Å². The molecule has 0 fully saturated rings. The molecule has 0 unspecified atom stereocenters. The Morgan fingerprint density at radius 3 is 2.17 bits per heavy atom. The van der Waals surface area contributed by atoms with Crippen LogP contribution in [0.2, 0.25) is 0 Å². The molecule has 0 atom stereocenters. The van der Waals surface area contributed by atoms with Crippen molar-refractivity contribution in [1.29, 1.82) is 0 Å². The first-order valence-corrected chi connectivity index (χ1v) is 5.55. The molecule has 0 aliphatic heterocycles. The van der Waals surface area contributed by atoms with E-state index in [2.05, 4.69) is 0 Å². The Labute approximate surface area is 121 Å². The number of ether oxygens (including phenoxy) is 1. The molecule has 104 valence electrons. The molecule has 0 aliphatic rings. The van der Waals surface area contributed by atoms with Gasteiger partial charge in [0.2, 0.25) is 0 Å². The number of halogens is 2. The number of hydrogen-bond donors (Lipinski definition) is 0. The van der Waals surface area contributed by atoms with E-state index in [0.717, 1.165) is 17.7 Å². The van der Waals surface area contributed by atoms with Gasteiger partial charge in [0.05, 0.1) is 0 Å². The summed E-state index contributed by atoms with van der Waals surface area (Å²) in [5, 5.41) is 0. The molecule has 0 amide bonds. The van der Waals surface area contributed by atoms with Gasteiger partial charge in [0.25, 0.3) is 0 Å². The molecule has 1 aromatic carbocycles. The third-order valence-corrected chi connectivity index (χ3v) is 2.31. The van der Waals surface area contributed by atoms with Crippen LogP contribution in [0, 0.1) is 0 Å². The lowest BCUT2D eigenvalue weighted by atomic mass is 10.2. The van der Waals surface area contributed by atoms with Gasteiger partial charge >= 0.3 is 5.97 Å². The molecule has 0 heterocycles. The average Bonchev–Trinajstić information content (AvgIpc) is 2.27. The maximum Gasteiger partial charge on any atom is 0.306 e. The zero-order valence-corrected chi connectivity index (χ0v) is 12.6. The molecule has 0 N–H and O–H groups in total. The summed E-state index contributed by atoms with van der Waals surface area (Å²) in [5.41, 5.74) is 2.17. The van der Waals surface area contributed by atoms with Crippen LogP contribution in [-0.2, 0) is 16.1 Å². The van der Waals surface area contributed by atoms with Gasteiger partial charge in [-0.3, -0.25) is 4.79 Å². The molecule has 1 aromatic rings. The first kappa shape index (κ1) is 19.4. The normalized spacial score (nSPS) is 8.83. The molecular weight excluding hydrogens is 273 g/mol. The van der Waals surface area contributed by atoms with Gasteiger partial charge in [0, 0.05) is 26.2 Å². The van der Waals surface area contributed by atoms with Crippen LogP contribution >= 0.6 is 24.8 Å². The van der Waals surface area contributed by atoms with E-state index < -0.39 is 0 Å². The maximum absolute atomic E-state index is 11.2. The van der Waals surface area contributed by atoms with Crippen molar-refractivity contribution in [2.24, 2.45) is 0 Å². The van der Waals surface area contributed by atoms with E-state index in [0.29, 0.717) is 13.0 Å². The van der Waals surface area contributed by atoms with E-state index in [1.54, 1.807) is 0 Å². The van der Waals surface area contributed by atoms with Crippen LogP contribution in [0.5, 0.6) is 0 Å². The summed E-state index contributed by atoms with van der Waals surface area (Å²) in [6, 6.07) is 8.00. The molecule has 0 aromatic heterocycles. The average molecular weight is 294 g/mol. The van der Waals surface area contributed by atoms with Gasteiger partial charge < -0.3 is 9.64 Å². The summed E-state index contributed by atoms with van der Waals surface area (Å²) in [5.74, 6) is -0.126. The summed E-state index contributed by atoms with van der Waals surface area (Å²) < 4.78 is 5.12. The second kappa shape index (κ2) is 10.0.